The molecule has 1 atom stereocenters. The summed E-state index contributed by atoms with van der Waals surface area (Å²) in [5, 5.41) is 11.3. The van der Waals surface area contributed by atoms with Crippen LogP contribution in [0.2, 0.25) is 0 Å². The second-order valence-electron chi connectivity index (χ2n) is 7.83. The van der Waals surface area contributed by atoms with Crippen LogP contribution < -0.4 is 5.32 Å². The SMILES string of the molecule is CC(=O)N[C@@H](C(=O)N1CCC(Cn2cc(C3CC3)nn2)CC1)C(C)C. The Bertz CT molecular complexity index is 615. The molecule has 2 fully saturated rings. The van der Waals surface area contributed by atoms with E-state index in [1.807, 2.05) is 23.4 Å². The summed E-state index contributed by atoms with van der Waals surface area (Å²) in [5.41, 5.74) is 1.13. The predicted molar refractivity (Wildman–Crippen MR) is 93.7 cm³/mol. The van der Waals surface area contributed by atoms with Gasteiger partial charge in [-0.25, -0.2) is 0 Å². The van der Waals surface area contributed by atoms with E-state index in [2.05, 4.69) is 21.8 Å². The van der Waals surface area contributed by atoms with Crippen LogP contribution in [-0.2, 0) is 16.1 Å². The molecule has 0 aromatic carbocycles. The van der Waals surface area contributed by atoms with E-state index < -0.39 is 6.04 Å². The third kappa shape index (κ3) is 4.58. The van der Waals surface area contributed by atoms with Gasteiger partial charge in [0.25, 0.3) is 0 Å². The first-order valence-corrected chi connectivity index (χ1v) is 9.40. The molecular formula is C18H29N5O2. The molecule has 7 heteroatoms. The lowest BCUT2D eigenvalue weighted by Crippen LogP contribution is -2.52. The molecule has 3 rings (SSSR count). The van der Waals surface area contributed by atoms with Crippen LogP contribution in [0.25, 0.3) is 0 Å². The molecule has 0 radical (unpaired) electrons. The van der Waals surface area contributed by atoms with Crippen molar-refractivity contribution < 1.29 is 9.59 Å². The molecule has 1 aromatic rings. The first kappa shape index (κ1) is 17.9. The van der Waals surface area contributed by atoms with E-state index in [4.69, 9.17) is 0 Å². The fraction of sp³-hybridized carbons (Fsp3) is 0.778. The first-order valence-electron chi connectivity index (χ1n) is 9.40. The minimum atomic E-state index is -0.425. The molecule has 1 aliphatic heterocycles. The van der Waals surface area contributed by atoms with Crippen LogP contribution in [-0.4, -0.2) is 50.8 Å². The van der Waals surface area contributed by atoms with Crippen molar-refractivity contribution in [3.8, 4) is 0 Å². The van der Waals surface area contributed by atoms with Crippen molar-refractivity contribution in [3.63, 3.8) is 0 Å². The number of carbonyl (C=O) groups excluding carboxylic acids is 2. The van der Waals surface area contributed by atoms with Gasteiger partial charge in [-0.2, -0.15) is 0 Å². The molecule has 2 amide bonds. The zero-order valence-electron chi connectivity index (χ0n) is 15.4. The largest absolute Gasteiger partial charge is 0.344 e. The number of nitrogens with zero attached hydrogens (tertiary/aromatic N) is 4. The van der Waals surface area contributed by atoms with Gasteiger partial charge in [-0.05, 0) is 37.5 Å². The topological polar surface area (TPSA) is 80.1 Å². The van der Waals surface area contributed by atoms with E-state index >= 15 is 0 Å². The number of nitrogens with one attached hydrogen (secondary N) is 1. The molecule has 0 bridgehead atoms. The molecule has 1 saturated carbocycles. The molecule has 2 heterocycles. The Labute approximate surface area is 149 Å². The molecule has 138 valence electrons. The van der Waals surface area contributed by atoms with Gasteiger partial charge < -0.3 is 10.2 Å². The molecule has 2 aliphatic rings. The van der Waals surface area contributed by atoms with Gasteiger partial charge in [-0.3, -0.25) is 14.3 Å². The number of likely N-dealkylation sites (tertiary alicyclic amines) is 1. The molecular weight excluding hydrogens is 318 g/mol. The predicted octanol–water partition coefficient (Wildman–Crippen LogP) is 1.55. The van der Waals surface area contributed by atoms with Crippen LogP contribution in [0.1, 0.15) is 58.1 Å². The maximum atomic E-state index is 12.7. The van der Waals surface area contributed by atoms with Gasteiger partial charge in [0, 0.05) is 38.7 Å². The monoisotopic (exact) mass is 347 g/mol. The second kappa shape index (κ2) is 7.54. The van der Waals surface area contributed by atoms with Gasteiger partial charge >= 0.3 is 0 Å². The number of piperidine rings is 1. The Hall–Kier alpha value is -1.92. The molecule has 0 unspecified atom stereocenters. The molecule has 7 nitrogen and oxygen atoms in total. The number of aromatic nitrogens is 3. The number of hydrogen-bond donors (Lipinski definition) is 1. The van der Waals surface area contributed by atoms with Crippen molar-refractivity contribution in [2.24, 2.45) is 11.8 Å². The third-order valence-electron chi connectivity index (χ3n) is 5.21. The van der Waals surface area contributed by atoms with Gasteiger partial charge in [-0.15, -0.1) is 5.10 Å². The summed E-state index contributed by atoms with van der Waals surface area (Å²) in [4.78, 5) is 26.0. The molecule has 1 aliphatic carbocycles. The minimum absolute atomic E-state index is 0.0421. The molecule has 1 N–H and O–H groups in total. The molecule has 0 spiro atoms. The van der Waals surface area contributed by atoms with E-state index in [1.165, 1.54) is 19.8 Å². The van der Waals surface area contributed by atoms with Gasteiger partial charge in [-0.1, -0.05) is 19.1 Å². The highest BCUT2D eigenvalue weighted by Gasteiger charge is 2.31. The van der Waals surface area contributed by atoms with Crippen LogP contribution in [0.4, 0.5) is 0 Å². The fourth-order valence-electron chi connectivity index (χ4n) is 3.50. The van der Waals surface area contributed by atoms with Crippen molar-refractivity contribution in [1.82, 2.24) is 25.2 Å². The number of carbonyl (C=O) groups is 2. The van der Waals surface area contributed by atoms with Crippen LogP contribution in [0, 0.1) is 11.8 Å². The smallest absolute Gasteiger partial charge is 0.245 e. The maximum absolute atomic E-state index is 12.7. The number of amides is 2. The zero-order chi connectivity index (χ0) is 18.0. The number of hydrogen-bond acceptors (Lipinski definition) is 4. The lowest BCUT2D eigenvalue weighted by atomic mass is 9.95. The quantitative estimate of drug-likeness (QED) is 0.847. The van der Waals surface area contributed by atoms with E-state index in [-0.39, 0.29) is 17.7 Å². The van der Waals surface area contributed by atoms with Gasteiger partial charge in [0.2, 0.25) is 11.8 Å². The second-order valence-corrected chi connectivity index (χ2v) is 7.83. The standard InChI is InChI=1S/C18H29N5O2/c1-12(2)17(19-13(3)24)18(25)22-8-6-14(7-9-22)10-23-11-16(20-21-23)15-4-5-15/h11-12,14-15,17H,4-10H2,1-3H3,(H,19,24)/t17-/m1/s1. The Kier molecular flexibility index (Phi) is 5.39. The Morgan fingerprint density at radius 2 is 1.92 bits per heavy atom. The molecule has 1 aromatic heterocycles. The van der Waals surface area contributed by atoms with Crippen LogP contribution in [0.15, 0.2) is 6.20 Å². The summed E-state index contributed by atoms with van der Waals surface area (Å²) in [6.07, 6.45) is 6.50. The Morgan fingerprint density at radius 1 is 1.24 bits per heavy atom. The Balaban J connectivity index is 1.49. The summed E-state index contributed by atoms with van der Waals surface area (Å²) < 4.78 is 1.96. The minimum Gasteiger partial charge on any atom is -0.344 e. The first-order chi connectivity index (χ1) is 11.9. The summed E-state index contributed by atoms with van der Waals surface area (Å²) in [5.74, 6) is 1.14. The van der Waals surface area contributed by atoms with Crippen LogP contribution >= 0.6 is 0 Å². The van der Waals surface area contributed by atoms with E-state index in [9.17, 15) is 9.59 Å². The van der Waals surface area contributed by atoms with Gasteiger partial charge in [0.1, 0.15) is 6.04 Å². The van der Waals surface area contributed by atoms with Crippen LogP contribution in [0.3, 0.4) is 0 Å². The third-order valence-corrected chi connectivity index (χ3v) is 5.21. The summed E-state index contributed by atoms with van der Waals surface area (Å²) in [6, 6.07) is -0.425. The fourth-order valence-corrected chi connectivity index (χ4v) is 3.50. The summed E-state index contributed by atoms with van der Waals surface area (Å²) in [7, 11) is 0. The van der Waals surface area contributed by atoms with Crippen molar-refractivity contribution in [2.75, 3.05) is 13.1 Å². The van der Waals surface area contributed by atoms with Crippen molar-refractivity contribution in [1.29, 1.82) is 0 Å². The molecule has 25 heavy (non-hydrogen) atoms. The maximum Gasteiger partial charge on any atom is 0.245 e. The highest BCUT2D eigenvalue weighted by atomic mass is 16.2. The van der Waals surface area contributed by atoms with Crippen molar-refractivity contribution in [2.45, 2.75) is 65.0 Å². The zero-order valence-corrected chi connectivity index (χ0v) is 15.4. The van der Waals surface area contributed by atoms with E-state index in [0.29, 0.717) is 11.8 Å². The lowest BCUT2D eigenvalue weighted by Gasteiger charge is -2.35. The Morgan fingerprint density at radius 3 is 2.48 bits per heavy atom. The molecule has 1 saturated heterocycles. The van der Waals surface area contributed by atoms with Gasteiger partial charge in [0.05, 0.1) is 5.69 Å². The highest BCUT2D eigenvalue weighted by molar-refractivity contribution is 5.87. The average molecular weight is 347 g/mol. The van der Waals surface area contributed by atoms with E-state index in [0.717, 1.165) is 38.2 Å². The summed E-state index contributed by atoms with van der Waals surface area (Å²) >= 11 is 0. The van der Waals surface area contributed by atoms with Gasteiger partial charge in [0.15, 0.2) is 0 Å². The summed E-state index contributed by atoms with van der Waals surface area (Å²) in [6.45, 7) is 7.76. The lowest BCUT2D eigenvalue weighted by molar-refractivity contribution is -0.138. The average Bonchev–Trinajstić information content (AvgIpc) is 3.32. The van der Waals surface area contributed by atoms with Crippen molar-refractivity contribution >= 4 is 11.8 Å². The van der Waals surface area contributed by atoms with Crippen LogP contribution in [0.5, 0.6) is 0 Å². The highest BCUT2D eigenvalue weighted by Crippen LogP contribution is 2.38. The van der Waals surface area contributed by atoms with Crippen molar-refractivity contribution in [3.05, 3.63) is 11.9 Å². The number of rotatable bonds is 6. The van der Waals surface area contributed by atoms with E-state index in [1.54, 1.807) is 0 Å². The normalized spacial score (nSPS) is 19.9.